The summed E-state index contributed by atoms with van der Waals surface area (Å²) in [6.45, 7) is 1.32. The van der Waals surface area contributed by atoms with Crippen molar-refractivity contribution >= 4 is 28.3 Å². The lowest BCUT2D eigenvalue weighted by Gasteiger charge is -2.01. The predicted octanol–water partition coefficient (Wildman–Crippen LogP) is 0.321. The van der Waals surface area contributed by atoms with Gasteiger partial charge < -0.3 is 16.4 Å². The molecule has 0 aliphatic carbocycles. The average molecular weight is 262 g/mol. The van der Waals surface area contributed by atoms with Crippen molar-refractivity contribution in [1.82, 2.24) is 10.2 Å². The number of aliphatic carboxylic acids is 1. The Kier molecular flexibility index (Phi) is 5.17. The van der Waals surface area contributed by atoms with E-state index in [9.17, 15) is 4.79 Å². The van der Waals surface area contributed by atoms with Crippen LogP contribution in [0.1, 0.15) is 6.92 Å². The van der Waals surface area contributed by atoms with Crippen molar-refractivity contribution < 1.29 is 9.90 Å². The summed E-state index contributed by atoms with van der Waals surface area (Å²) >= 11 is 0. The van der Waals surface area contributed by atoms with E-state index in [0.29, 0.717) is 5.82 Å². The first kappa shape index (κ1) is 14.3. The molecule has 1 aromatic heterocycles. The van der Waals surface area contributed by atoms with Gasteiger partial charge in [-0.15, -0.1) is 5.10 Å². The van der Waals surface area contributed by atoms with Gasteiger partial charge in [0, 0.05) is 10.8 Å². The lowest BCUT2D eigenvalue weighted by molar-refractivity contribution is -0.129. The van der Waals surface area contributed by atoms with Crippen LogP contribution in [0, 0.1) is 0 Å². The molecule has 0 saturated heterocycles. The molecule has 0 aliphatic heterocycles. The maximum atomic E-state index is 9.72. The maximum Gasteiger partial charge on any atom is 0.351 e. The van der Waals surface area contributed by atoms with Gasteiger partial charge in [-0.25, -0.2) is 10.6 Å². The molecule has 2 rings (SSSR count). The van der Waals surface area contributed by atoms with Crippen LogP contribution in [0.25, 0.3) is 10.8 Å². The number of aromatic nitrogens is 2. The van der Waals surface area contributed by atoms with Gasteiger partial charge in [-0.2, -0.15) is 10.2 Å². The molecule has 0 bridgehead atoms. The number of fused-ring (bicyclic) bond motifs is 1. The van der Waals surface area contributed by atoms with Gasteiger partial charge in [-0.1, -0.05) is 24.3 Å². The molecule has 0 radical (unpaired) electrons. The number of carboxylic acids is 1. The number of hydrazine groups is 1. The first-order valence-electron chi connectivity index (χ1n) is 5.25. The Bertz CT molecular complexity index is 593. The molecule has 100 valence electrons. The molecule has 8 nitrogen and oxygen atoms in total. The van der Waals surface area contributed by atoms with Gasteiger partial charge in [0.25, 0.3) is 0 Å². The van der Waals surface area contributed by atoms with Crippen molar-refractivity contribution in [3.05, 3.63) is 30.5 Å². The fourth-order valence-corrected chi connectivity index (χ4v) is 1.19. The lowest BCUT2D eigenvalue weighted by Crippen LogP contribution is -2.09. The van der Waals surface area contributed by atoms with E-state index >= 15 is 0 Å². The lowest BCUT2D eigenvalue weighted by atomic mass is 10.2. The van der Waals surface area contributed by atoms with E-state index in [2.05, 4.69) is 26.6 Å². The van der Waals surface area contributed by atoms with Crippen molar-refractivity contribution in [2.45, 2.75) is 6.92 Å². The van der Waals surface area contributed by atoms with E-state index in [1.165, 1.54) is 6.92 Å². The van der Waals surface area contributed by atoms with Crippen LogP contribution in [0.5, 0.6) is 0 Å². The third-order valence-corrected chi connectivity index (χ3v) is 2.21. The highest BCUT2D eigenvalue weighted by atomic mass is 16.4. The van der Waals surface area contributed by atoms with E-state index in [4.69, 9.17) is 10.9 Å². The molecule has 0 aliphatic rings. The molecule has 8 heteroatoms. The molecule has 6 N–H and O–H groups in total. The topological polar surface area (TPSA) is 140 Å². The minimum Gasteiger partial charge on any atom is -0.477 e. The molecule has 0 fully saturated rings. The highest BCUT2D eigenvalue weighted by molar-refractivity contribution is 6.34. The van der Waals surface area contributed by atoms with Crippen LogP contribution >= 0.6 is 0 Å². The van der Waals surface area contributed by atoms with E-state index < -0.39 is 5.97 Å². The smallest absolute Gasteiger partial charge is 0.351 e. The minimum atomic E-state index is -1.08. The van der Waals surface area contributed by atoms with Crippen molar-refractivity contribution in [2.75, 3.05) is 5.43 Å². The van der Waals surface area contributed by atoms with Gasteiger partial charge in [-0.3, -0.25) is 0 Å². The summed E-state index contributed by atoms with van der Waals surface area (Å²) in [6.07, 6.45) is 1.70. The Hall–Kier alpha value is -2.74. The number of rotatable bonds is 2. The van der Waals surface area contributed by atoms with Crippen LogP contribution in [-0.2, 0) is 4.79 Å². The average Bonchev–Trinajstić information content (AvgIpc) is 2.46. The maximum absolute atomic E-state index is 9.72. The summed E-state index contributed by atoms with van der Waals surface area (Å²) in [5.74, 6) is 9.37. The molecule has 2 aromatic rings. The normalized spacial score (nSPS) is 10.5. The number of benzene rings is 1. The second-order valence-corrected chi connectivity index (χ2v) is 3.44. The van der Waals surface area contributed by atoms with Crippen molar-refractivity contribution in [1.29, 1.82) is 0 Å². The summed E-state index contributed by atoms with van der Waals surface area (Å²) in [5, 5.41) is 20.5. The quantitative estimate of drug-likeness (QED) is 0.347. The van der Waals surface area contributed by atoms with Crippen molar-refractivity contribution in [3.8, 4) is 0 Å². The van der Waals surface area contributed by atoms with Gasteiger partial charge in [0.2, 0.25) is 0 Å². The molecular weight excluding hydrogens is 248 g/mol. The molecule has 0 atom stereocenters. The SMILES string of the molecule is CC(=NN)C(=O)O.NNc1nncc2ccccc12. The summed E-state index contributed by atoms with van der Waals surface area (Å²) in [5.41, 5.74) is 2.41. The van der Waals surface area contributed by atoms with Crippen LogP contribution in [0.3, 0.4) is 0 Å². The van der Waals surface area contributed by atoms with E-state index in [1.807, 2.05) is 24.3 Å². The fraction of sp³-hybridized carbons (Fsp3) is 0.0909. The summed E-state index contributed by atoms with van der Waals surface area (Å²) in [7, 11) is 0. The Morgan fingerprint density at radius 3 is 2.63 bits per heavy atom. The highest BCUT2D eigenvalue weighted by Gasteiger charge is 1.98. The van der Waals surface area contributed by atoms with E-state index in [1.54, 1.807) is 6.20 Å². The van der Waals surface area contributed by atoms with Crippen molar-refractivity contribution in [3.63, 3.8) is 0 Å². The fourth-order valence-electron chi connectivity index (χ4n) is 1.19. The molecule has 0 unspecified atom stereocenters. The number of nitrogen functional groups attached to an aromatic ring is 1. The second kappa shape index (κ2) is 6.87. The molecule has 0 saturated carbocycles. The van der Waals surface area contributed by atoms with Gasteiger partial charge in [-0.05, 0) is 6.92 Å². The molecule has 1 heterocycles. The zero-order valence-electron chi connectivity index (χ0n) is 10.2. The van der Waals surface area contributed by atoms with Crippen LogP contribution in [0.15, 0.2) is 35.6 Å². The van der Waals surface area contributed by atoms with Crippen LogP contribution in [-0.4, -0.2) is 27.0 Å². The van der Waals surface area contributed by atoms with Gasteiger partial charge in [0.1, 0.15) is 5.71 Å². The number of hydrogen-bond donors (Lipinski definition) is 4. The standard InChI is InChI=1S/C8H8N4.C3H6N2O2/c9-11-8-7-4-2-1-3-6(7)5-10-12-8;1-2(5-4)3(6)7/h1-5H,9H2,(H,11,12);4H2,1H3,(H,6,7). The number of hydrazone groups is 1. The number of nitrogens with one attached hydrogen (secondary N) is 1. The third-order valence-electron chi connectivity index (χ3n) is 2.21. The zero-order valence-corrected chi connectivity index (χ0v) is 10.2. The number of carbonyl (C=O) groups is 1. The minimum absolute atomic E-state index is 0.0833. The van der Waals surface area contributed by atoms with E-state index in [0.717, 1.165) is 10.8 Å². The first-order chi connectivity index (χ1) is 9.10. The van der Waals surface area contributed by atoms with Crippen LogP contribution in [0.4, 0.5) is 5.82 Å². The first-order valence-corrected chi connectivity index (χ1v) is 5.25. The molecule has 1 aromatic carbocycles. The Morgan fingerprint density at radius 1 is 1.42 bits per heavy atom. The summed E-state index contributed by atoms with van der Waals surface area (Å²) in [6, 6.07) is 7.79. The molecule has 19 heavy (non-hydrogen) atoms. The number of nitrogens with zero attached hydrogens (tertiary/aromatic N) is 3. The third kappa shape index (κ3) is 3.89. The van der Waals surface area contributed by atoms with Crippen LogP contribution < -0.4 is 17.1 Å². The monoisotopic (exact) mass is 262 g/mol. The Morgan fingerprint density at radius 2 is 2.11 bits per heavy atom. The number of carboxylic acid groups (broad SMARTS) is 1. The number of hydrogen-bond acceptors (Lipinski definition) is 7. The largest absolute Gasteiger partial charge is 0.477 e. The van der Waals surface area contributed by atoms with Crippen molar-refractivity contribution in [2.24, 2.45) is 16.8 Å². The highest BCUT2D eigenvalue weighted by Crippen LogP contribution is 2.17. The van der Waals surface area contributed by atoms with Gasteiger partial charge in [0.05, 0.1) is 6.20 Å². The predicted molar refractivity (Wildman–Crippen MR) is 72.3 cm³/mol. The van der Waals surface area contributed by atoms with E-state index in [-0.39, 0.29) is 5.71 Å². The molecule has 0 amide bonds. The number of nitrogens with two attached hydrogens (primary N) is 2. The summed E-state index contributed by atoms with van der Waals surface area (Å²) in [4.78, 5) is 9.72. The second-order valence-electron chi connectivity index (χ2n) is 3.44. The Balaban J connectivity index is 0.000000224. The molecule has 0 spiro atoms. The Labute approximate surface area is 109 Å². The zero-order chi connectivity index (χ0) is 14.3. The number of anilines is 1. The molecular formula is C11H14N6O2. The summed E-state index contributed by atoms with van der Waals surface area (Å²) < 4.78 is 0. The van der Waals surface area contributed by atoms with Gasteiger partial charge >= 0.3 is 5.97 Å². The van der Waals surface area contributed by atoms with Crippen LogP contribution in [0.2, 0.25) is 0 Å². The van der Waals surface area contributed by atoms with Gasteiger partial charge in [0.15, 0.2) is 5.82 Å².